The van der Waals surface area contributed by atoms with E-state index in [0.29, 0.717) is 6.04 Å². The molecule has 2 atom stereocenters. The molecule has 1 aliphatic heterocycles. The molecule has 1 aromatic heterocycles. The van der Waals surface area contributed by atoms with Crippen LogP contribution in [0.1, 0.15) is 24.9 Å². The normalized spacial score (nSPS) is 21.4. The second kappa shape index (κ2) is 4.34. The topological polar surface area (TPSA) is 42.7 Å². The Labute approximate surface area is 117 Å². The Balaban J connectivity index is 1.90. The summed E-state index contributed by atoms with van der Waals surface area (Å²) in [5, 5.41) is 12.2. The van der Waals surface area contributed by atoms with E-state index in [1.54, 1.807) is 0 Å². The molecule has 4 nitrogen and oxygen atoms in total. The molecule has 0 unspecified atom stereocenters. The number of nitrogens with zero attached hydrogens (tertiary/aromatic N) is 3. The lowest BCUT2D eigenvalue weighted by atomic mass is 9.93. The zero-order chi connectivity index (χ0) is 13.5. The van der Waals surface area contributed by atoms with Gasteiger partial charge in [0.2, 0.25) is 0 Å². The number of hydrogen-bond donors (Lipinski definition) is 1. The van der Waals surface area contributed by atoms with E-state index in [1.807, 2.05) is 18.2 Å². The van der Waals surface area contributed by atoms with Crippen LogP contribution in [0.5, 0.6) is 0 Å². The third kappa shape index (κ3) is 1.68. The van der Waals surface area contributed by atoms with Gasteiger partial charge >= 0.3 is 0 Å². The first-order chi connectivity index (χ1) is 9.83. The van der Waals surface area contributed by atoms with Gasteiger partial charge in [-0.2, -0.15) is 0 Å². The van der Waals surface area contributed by atoms with Crippen molar-refractivity contribution in [2.24, 2.45) is 0 Å². The second-order valence-corrected chi connectivity index (χ2v) is 5.41. The number of benzene rings is 2. The summed E-state index contributed by atoms with van der Waals surface area (Å²) in [4.78, 5) is 0. The van der Waals surface area contributed by atoms with Gasteiger partial charge in [-0.3, -0.25) is 0 Å². The van der Waals surface area contributed by atoms with Crippen molar-refractivity contribution in [2.75, 3.05) is 5.32 Å². The summed E-state index contributed by atoms with van der Waals surface area (Å²) in [6.07, 6.45) is 1.02. The van der Waals surface area contributed by atoms with Crippen molar-refractivity contribution in [3.8, 4) is 0 Å². The number of anilines is 1. The zero-order valence-corrected chi connectivity index (χ0v) is 11.3. The summed E-state index contributed by atoms with van der Waals surface area (Å²) in [6.45, 7) is 2.21. The van der Waals surface area contributed by atoms with Crippen molar-refractivity contribution in [1.29, 1.82) is 0 Å². The van der Waals surface area contributed by atoms with E-state index < -0.39 is 0 Å². The van der Waals surface area contributed by atoms with Crippen LogP contribution < -0.4 is 5.32 Å². The first-order valence-corrected chi connectivity index (χ1v) is 6.98. The van der Waals surface area contributed by atoms with Crippen LogP contribution in [0.25, 0.3) is 11.0 Å². The van der Waals surface area contributed by atoms with Crippen LogP contribution in [0.4, 0.5) is 5.69 Å². The monoisotopic (exact) mass is 264 g/mol. The van der Waals surface area contributed by atoms with Crippen LogP contribution in [0, 0.1) is 0 Å². The van der Waals surface area contributed by atoms with E-state index in [9.17, 15) is 0 Å². The molecular weight excluding hydrogens is 248 g/mol. The first-order valence-electron chi connectivity index (χ1n) is 6.98. The van der Waals surface area contributed by atoms with Crippen LogP contribution >= 0.6 is 0 Å². The maximum Gasteiger partial charge on any atom is 0.113 e. The molecule has 0 radical (unpaired) electrons. The summed E-state index contributed by atoms with van der Waals surface area (Å²) in [6, 6.07) is 17.3. The SMILES string of the molecule is C[C@@H]1C[C@@H](n2nnc3ccccc32)c2ccccc2N1. The van der Waals surface area contributed by atoms with Crippen LogP contribution in [-0.4, -0.2) is 21.0 Å². The molecular formula is C16H16N4. The number of fused-ring (bicyclic) bond motifs is 2. The molecule has 0 bridgehead atoms. The van der Waals surface area contributed by atoms with Gasteiger partial charge in [0.1, 0.15) is 5.52 Å². The second-order valence-electron chi connectivity index (χ2n) is 5.41. The third-order valence-electron chi connectivity index (χ3n) is 3.97. The highest BCUT2D eigenvalue weighted by Gasteiger charge is 2.27. The van der Waals surface area contributed by atoms with Crippen molar-refractivity contribution in [3.05, 3.63) is 54.1 Å². The van der Waals surface area contributed by atoms with E-state index >= 15 is 0 Å². The fraction of sp³-hybridized carbons (Fsp3) is 0.250. The summed E-state index contributed by atoms with van der Waals surface area (Å²) >= 11 is 0. The van der Waals surface area contributed by atoms with E-state index in [4.69, 9.17) is 0 Å². The molecule has 3 aromatic rings. The number of nitrogens with one attached hydrogen (secondary N) is 1. The first kappa shape index (κ1) is 11.5. The molecule has 100 valence electrons. The third-order valence-corrected chi connectivity index (χ3v) is 3.97. The van der Waals surface area contributed by atoms with E-state index in [-0.39, 0.29) is 6.04 Å². The van der Waals surface area contributed by atoms with E-state index in [2.05, 4.69) is 57.6 Å². The Bertz CT molecular complexity index is 762. The molecule has 0 saturated heterocycles. The fourth-order valence-corrected chi connectivity index (χ4v) is 3.05. The predicted octanol–water partition coefficient (Wildman–Crippen LogP) is 3.22. The molecule has 1 N–H and O–H groups in total. The van der Waals surface area contributed by atoms with E-state index in [0.717, 1.165) is 17.5 Å². The van der Waals surface area contributed by atoms with Crippen LogP contribution in [-0.2, 0) is 0 Å². The smallest absolute Gasteiger partial charge is 0.113 e. The highest BCUT2D eigenvalue weighted by atomic mass is 15.4. The molecule has 2 aromatic carbocycles. The average Bonchev–Trinajstić information content (AvgIpc) is 2.90. The lowest BCUT2D eigenvalue weighted by molar-refractivity contribution is 0.453. The quantitative estimate of drug-likeness (QED) is 0.733. The van der Waals surface area contributed by atoms with Gasteiger partial charge in [-0.1, -0.05) is 35.5 Å². The summed E-state index contributed by atoms with van der Waals surface area (Å²) < 4.78 is 2.06. The zero-order valence-electron chi connectivity index (χ0n) is 11.3. The Morgan fingerprint density at radius 2 is 1.90 bits per heavy atom. The maximum absolute atomic E-state index is 4.39. The van der Waals surface area contributed by atoms with Gasteiger partial charge in [-0.05, 0) is 37.1 Å². The molecule has 0 spiro atoms. The molecule has 0 amide bonds. The van der Waals surface area contributed by atoms with Crippen LogP contribution in [0.3, 0.4) is 0 Å². The minimum atomic E-state index is 0.245. The van der Waals surface area contributed by atoms with Crippen molar-refractivity contribution >= 4 is 16.7 Å². The van der Waals surface area contributed by atoms with Gasteiger partial charge in [-0.15, -0.1) is 5.10 Å². The van der Waals surface area contributed by atoms with Gasteiger partial charge in [0, 0.05) is 11.7 Å². The number of para-hydroxylation sites is 2. The predicted molar refractivity (Wildman–Crippen MR) is 79.8 cm³/mol. The summed E-state index contributed by atoms with van der Waals surface area (Å²) in [5.41, 5.74) is 4.55. The van der Waals surface area contributed by atoms with Gasteiger partial charge in [0.15, 0.2) is 0 Å². The number of rotatable bonds is 1. The Kier molecular flexibility index (Phi) is 2.49. The number of aromatic nitrogens is 3. The van der Waals surface area contributed by atoms with Gasteiger partial charge in [0.05, 0.1) is 11.6 Å². The highest BCUT2D eigenvalue weighted by molar-refractivity contribution is 5.74. The minimum Gasteiger partial charge on any atom is -0.382 e. The van der Waals surface area contributed by atoms with Crippen LogP contribution in [0.15, 0.2) is 48.5 Å². The van der Waals surface area contributed by atoms with Gasteiger partial charge in [-0.25, -0.2) is 4.68 Å². The Morgan fingerprint density at radius 1 is 1.10 bits per heavy atom. The van der Waals surface area contributed by atoms with Crippen molar-refractivity contribution in [1.82, 2.24) is 15.0 Å². The molecule has 0 fully saturated rings. The highest BCUT2D eigenvalue weighted by Crippen LogP contribution is 2.35. The summed E-state index contributed by atoms with van der Waals surface area (Å²) in [5.74, 6) is 0. The molecule has 4 heteroatoms. The molecule has 0 saturated carbocycles. The Morgan fingerprint density at radius 3 is 2.85 bits per heavy atom. The average molecular weight is 264 g/mol. The van der Waals surface area contributed by atoms with Crippen LogP contribution in [0.2, 0.25) is 0 Å². The van der Waals surface area contributed by atoms with Gasteiger partial charge < -0.3 is 5.32 Å². The lowest BCUT2D eigenvalue weighted by Gasteiger charge is -2.31. The van der Waals surface area contributed by atoms with Crippen molar-refractivity contribution in [2.45, 2.75) is 25.4 Å². The van der Waals surface area contributed by atoms with E-state index in [1.165, 1.54) is 11.3 Å². The van der Waals surface area contributed by atoms with Gasteiger partial charge in [0.25, 0.3) is 0 Å². The Hall–Kier alpha value is -2.36. The molecule has 20 heavy (non-hydrogen) atoms. The minimum absolute atomic E-state index is 0.245. The van der Waals surface area contributed by atoms with Crippen molar-refractivity contribution in [3.63, 3.8) is 0 Å². The lowest BCUT2D eigenvalue weighted by Crippen LogP contribution is -2.29. The molecule has 0 aliphatic carbocycles. The summed E-state index contributed by atoms with van der Waals surface area (Å²) in [7, 11) is 0. The van der Waals surface area contributed by atoms with Crippen molar-refractivity contribution < 1.29 is 0 Å². The molecule has 2 heterocycles. The maximum atomic E-state index is 4.39. The molecule has 4 rings (SSSR count). The molecule has 1 aliphatic rings. The largest absolute Gasteiger partial charge is 0.382 e. The number of hydrogen-bond acceptors (Lipinski definition) is 3. The fourth-order valence-electron chi connectivity index (χ4n) is 3.05. The standard InChI is InChI=1S/C16H16N4/c1-11-10-16(12-6-2-3-7-13(12)17-11)20-15-9-5-4-8-14(15)18-19-20/h2-9,11,16-17H,10H2,1H3/t11-,16-/m1/s1.